The summed E-state index contributed by atoms with van der Waals surface area (Å²) in [7, 11) is 0. The number of rotatable bonds is 6. The number of hydrogen-bond acceptors (Lipinski definition) is 3. The van der Waals surface area contributed by atoms with Gasteiger partial charge in [-0.1, -0.05) is 36.5 Å². The number of ether oxygens (including phenoxy) is 1. The fraction of sp³-hybridized carbons (Fsp3) is 0.364. The van der Waals surface area contributed by atoms with Crippen molar-refractivity contribution in [1.82, 2.24) is 0 Å². The van der Waals surface area contributed by atoms with Crippen molar-refractivity contribution in [3.05, 3.63) is 58.6 Å². The fourth-order valence-corrected chi connectivity index (χ4v) is 4.30. The molecule has 0 radical (unpaired) electrons. The number of unbranched alkanes of at least 4 members (excludes halogenated alkanes) is 1. The van der Waals surface area contributed by atoms with Crippen LogP contribution >= 0.6 is 23.2 Å². The lowest BCUT2D eigenvalue weighted by Crippen LogP contribution is -2.61. The van der Waals surface area contributed by atoms with Crippen molar-refractivity contribution in [2.75, 3.05) is 16.4 Å². The number of amides is 2. The average molecular weight is 432 g/mol. The number of nitrogens with zero attached hydrogens (tertiary/aromatic N) is 2. The molecule has 2 fully saturated rings. The zero-order valence-electron chi connectivity index (χ0n) is 16.2. The van der Waals surface area contributed by atoms with Gasteiger partial charge in [0, 0.05) is 35.2 Å². The Morgan fingerprint density at radius 2 is 1.59 bits per heavy atom. The first kappa shape index (κ1) is 20.2. The molecule has 5 nitrogen and oxygen atoms in total. The molecule has 152 valence electrons. The van der Waals surface area contributed by atoms with Gasteiger partial charge in [0.25, 0.3) is 0 Å². The quantitative estimate of drug-likeness (QED) is 0.558. The summed E-state index contributed by atoms with van der Waals surface area (Å²) in [6.07, 6.45) is 3.35. The van der Waals surface area contributed by atoms with E-state index in [2.05, 4.69) is 6.92 Å². The summed E-state index contributed by atoms with van der Waals surface area (Å²) < 4.78 is 5.96. The molecule has 1 N–H and O–H groups in total. The molecule has 1 spiro atoms. The molecular weight excluding hydrogens is 409 g/mol. The molecule has 1 saturated heterocycles. The number of carbonyl (C=O) groups excluding carboxylic acids is 1. The third-order valence-corrected chi connectivity index (χ3v) is 6.13. The van der Waals surface area contributed by atoms with Crippen LogP contribution in [0.3, 0.4) is 0 Å². The summed E-state index contributed by atoms with van der Waals surface area (Å²) >= 11 is 12.1. The minimum absolute atomic E-state index is 0.0506. The molecule has 2 aliphatic rings. The highest BCUT2D eigenvalue weighted by Crippen LogP contribution is 2.49. The van der Waals surface area contributed by atoms with Gasteiger partial charge in [-0.15, -0.1) is 0 Å². The highest BCUT2D eigenvalue weighted by Gasteiger charge is 2.62. The van der Waals surface area contributed by atoms with Crippen LogP contribution in [0.25, 0.3) is 0 Å². The van der Waals surface area contributed by atoms with E-state index in [1.807, 2.05) is 12.1 Å². The third kappa shape index (κ3) is 3.52. The predicted molar refractivity (Wildman–Crippen MR) is 118 cm³/mol. The highest BCUT2D eigenvalue weighted by atomic mass is 35.5. The van der Waals surface area contributed by atoms with Crippen molar-refractivity contribution in [2.45, 2.75) is 44.2 Å². The fourth-order valence-electron chi connectivity index (χ4n) is 4.05. The van der Waals surface area contributed by atoms with Crippen LogP contribution in [0.2, 0.25) is 10.0 Å². The van der Waals surface area contributed by atoms with Crippen LogP contribution in [-0.4, -0.2) is 30.1 Å². The first-order valence-electron chi connectivity index (χ1n) is 9.82. The molecule has 4 rings (SSSR count). The molecule has 2 aromatic carbocycles. The Kier molecular flexibility index (Phi) is 5.56. The predicted octanol–water partition coefficient (Wildman–Crippen LogP) is 6.14. The van der Waals surface area contributed by atoms with Crippen LogP contribution in [0.5, 0.6) is 0 Å². The number of carbonyl (C=O) groups is 1. The van der Waals surface area contributed by atoms with Gasteiger partial charge in [0.2, 0.25) is 0 Å². The van der Waals surface area contributed by atoms with Gasteiger partial charge < -0.3 is 4.74 Å². The van der Waals surface area contributed by atoms with Crippen LogP contribution in [0.4, 0.5) is 16.2 Å². The van der Waals surface area contributed by atoms with Crippen molar-refractivity contribution >= 4 is 46.4 Å². The van der Waals surface area contributed by atoms with Gasteiger partial charge in [-0.05, 0) is 55.0 Å². The molecule has 2 amide bonds. The van der Waals surface area contributed by atoms with Crippen LogP contribution in [0.15, 0.2) is 48.5 Å². The van der Waals surface area contributed by atoms with E-state index < -0.39 is 5.54 Å². The third-order valence-electron chi connectivity index (χ3n) is 5.63. The molecule has 1 aliphatic carbocycles. The van der Waals surface area contributed by atoms with E-state index in [0.717, 1.165) is 18.5 Å². The van der Waals surface area contributed by atoms with Gasteiger partial charge in [0.15, 0.2) is 0 Å². The van der Waals surface area contributed by atoms with Crippen LogP contribution in [0, 0.1) is 5.41 Å². The summed E-state index contributed by atoms with van der Waals surface area (Å²) in [4.78, 5) is 16.7. The number of hydrogen-bond donors (Lipinski definition) is 1. The summed E-state index contributed by atoms with van der Waals surface area (Å²) in [6.45, 7) is 2.84. The molecule has 2 aromatic rings. The van der Waals surface area contributed by atoms with E-state index in [1.54, 1.807) is 41.3 Å². The largest absolute Gasteiger partial charge is 0.378 e. The molecule has 7 heteroatoms. The van der Waals surface area contributed by atoms with E-state index in [-0.39, 0.29) is 18.0 Å². The number of urea groups is 1. The standard InChI is InChI=1S/C22H23Cl2N3O2/c1-2-3-12-29-19-13-22(14-19)20(25)26(17-8-4-15(23)5-9-17)21(28)27(22)18-10-6-16(24)7-11-18/h4-11,19,25H,2-3,12-14H2,1H3. The van der Waals surface area contributed by atoms with Gasteiger partial charge in [-0.25, -0.2) is 9.69 Å². The van der Waals surface area contributed by atoms with E-state index in [9.17, 15) is 4.79 Å². The Hall–Kier alpha value is -2.08. The maximum Gasteiger partial charge on any atom is 0.335 e. The molecule has 0 bridgehead atoms. The average Bonchev–Trinajstić information content (AvgIpc) is 2.90. The lowest BCUT2D eigenvalue weighted by atomic mass is 9.72. The van der Waals surface area contributed by atoms with Gasteiger partial charge in [0.1, 0.15) is 11.4 Å². The van der Waals surface area contributed by atoms with Crippen LogP contribution in [-0.2, 0) is 4.74 Å². The Balaban J connectivity index is 1.67. The number of nitrogens with one attached hydrogen (secondary N) is 1. The molecule has 1 aliphatic heterocycles. The molecular formula is C22H23Cl2N3O2. The molecule has 29 heavy (non-hydrogen) atoms. The Labute approximate surface area is 180 Å². The second-order valence-electron chi connectivity index (χ2n) is 7.54. The topological polar surface area (TPSA) is 56.6 Å². The summed E-state index contributed by atoms with van der Waals surface area (Å²) in [5, 5.41) is 10.1. The second kappa shape index (κ2) is 7.98. The minimum atomic E-state index is -0.707. The summed E-state index contributed by atoms with van der Waals surface area (Å²) in [5.74, 6) is 0.273. The SMILES string of the molecule is CCCCOC1CC2(C1)C(=N)N(c1ccc(Cl)cc1)C(=O)N2c1ccc(Cl)cc1. The number of amidine groups is 1. The number of benzene rings is 2. The normalized spacial score (nSPS) is 23.8. The maximum atomic E-state index is 13.5. The molecule has 1 saturated carbocycles. The lowest BCUT2D eigenvalue weighted by Gasteiger charge is -2.48. The monoisotopic (exact) mass is 431 g/mol. The first-order valence-corrected chi connectivity index (χ1v) is 10.6. The lowest BCUT2D eigenvalue weighted by molar-refractivity contribution is -0.0227. The van der Waals surface area contributed by atoms with E-state index in [0.29, 0.717) is 35.2 Å². The van der Waals surface area contributed by atoms with Crippen molar-refractivity contribution in [3.8, 4) is 0 Å². The summed E-state index contributed by atoms with van der Waals surface area (Å²) in [6, 6.07) is 13.9. The van der Waals surface area contributed by atoms with Crippen molar-refractivity contribution in [3.63, 3.8) is 0 Å². The zero-order chi connectivity index (χ0) is 20.6. The molecule has 1 heterocycles. The first-order chi connectivity index (χ1) is 14.0. The van der Waals surface area contributed by atoms with Crippen molar-refractivity contribution in [1.29, 1.82) is 5.41 Å². The molecule has 0 unspecified atom stereocenters. The Morgan fingerprint density at radius 3 is 2.14 bits per heavy atom. The Bertz CT molecular complexity index is 909. The van der Waals surface area contributed by atoms with Crippen LogP contribution in [0.1, 0.15) is 32.6 Å². The van der Waals surface area contributed by atoms with E-state index >= 15 is 0 Å². The maximum absolute atomic E-state index is 13.5. The molecule has 0 aromatic heterocycles. The van der Waals surface area contributed by atoms with Crippen molar-refractivity contribution in [2.24, 2.45) is 0 Å². The minimum Gasteiger partial charge on any atom is -0.378 e. The second-order valence-corrected chi connectivity index (χ2v) is 8.41. The summed E-state index contributed by atoms with van der Waals surface area (Å²) in [5.41, 5.74) is 0.657. The highest BCUT2D eigenvalue weighted by molar-refractivity contribution is 6.33. The molecule has 0 atom stereocenters. The van der Waals surface area contributed by atoms with Gasteiger partial charge >= 0.3 is 6.03 Å². The van der Waals surface area contributed by atoms with E-state index in [4.69, 9.17) is 33.3 Å². The number of halogens is 2. The van der Waals surface area contributed by atoms with Gasteiger partial charge in [-0.2, -0.15) is 0 Å². The van der Waals surface area contributed by atoms with E-state index in [1.165, 1.54) is 4.90 Å². The Morgan fingerprint density at radius 1 is 1.03 bits per heavy atom. The smallest absolute Gasteiger partial charge is 0.335 e. The van der Waals surface area contributed by atoms with Crippen molar-refractivity contribution < 1.29 is 9.53 Å². The number of anilines is 2. The van der Waals surface area contributed by atoms with Gasteiger partial charge in [-0.3, -0.25) is 10.3 Å². The van der Waals surface area contributed by atoms with Crippen LogP contribution < -0.4 is 9.80 Å². The van der Waals surface area contributed by atoms with Gasteiger partial charge in [0.05, 0.1) is 11.8 Å². The zero-order valence-corrected chi connectivity index (χ0v) is 17.7.